The van der Waals surface area contributed by atoms with E-state index in [4.69, 9.17) is 16.6 Å². The summed E-state index contributed by atoms with van der Waals surface area (Å²) in [4.78, 5) is 19.1. The lowest BCUT2D eigenvalue weighted by Crippen LogP contribution is -2.61. The van der Waals surface area contributed by atoms with Gasteiger partial charge in [-0.25, -0.2) is 8.78 Å². The molecule has 8 heteroatoms. The average Bonchev–Trinajstić information content (AvgIpc) is 3.03. The first-order valence-corrected chi connectivity index (χ1v) is 9.82. The number of nitrogens with one attached hydrogen (secondary N) is 2. The van der Waals surface area contributed by atoms with Gasteiger partial charge in [-0.3, -0.25) is 9.79 Å². The van der Waals surface area contributed by atoms with Crippen LogP contribution in [0.1, 0.15) is 25.5 Å². The standard InChI is InChI=1S/C21H21ClF2N4O/c1-11(2)18-20-27-19(12-3-5-13(23)6-4-12)21(28(20)10-17(29)26-18)25-14-7-8-15(22)16(24)9-14/h3-9,11,18-19,21,25H,10H2,1-2H3,(H,26,29). The zero-order valence-corrected chi connectivity index (χ0v) is 16.8. The lowest BCUT2D eigenvalue weighted by Gasteiger charge is -2.38. The van der Waals surface area contributed by atoms with Gasteiger partial charge in [-0.1, -0.05) is 37.6 Å². The van der Waals surface area contributed by atoms with Crippen molar-refractivity contribution in [2.45, 2.75) is 32.1 Å². The summed E-state index contributed by atoms with van der Waals surface area (Å²) in [6, 6.07) is 9.97. The number of amides is 1. The van der Waals surface area contributed by atoms with E-state index in [9.17, 15) is 13.6 Å². The fourth-order valence-electron chi connectivity index (χ4n) is 3.77. The Morgan fingerprint density at radius 1 is 1.21 bits per heavy atom. The quantitative estimate of drug-likeness (QED) is 0.790. The molecule has 2 N–H and O–H groups in total. The fraction of sp³-hybridized carbons (Fsp3) is 0.333. The Kier molecular flexibility index (Phi) is 5.17. The Morgan fingerprint density at radius 3 is 2.59 bits per heavy atom. The van der Waals surface area contributed by atoms with Crippen molar-refractivity contribution in [3.05, 3.63) is 64.7 Å². The maximum absolute atomic E-state index is 14.0. The summed E-state index contributed by atoms with van der Waals surface area (Å²) in [6.07, 6.45) is -0.427. The number of hydrogen-bond donors (Lipinski definition) is 2. The number of carbonyl (C=O) groups excluding carboxylic acids is 1. The highest BCUT2D eigenvalue weighted by Gasteiger charge is 2.44. The second-order valence-electron chi connectivity index (χ2n) is 7.62. The molecular formula is C21H21ClF2N4O. The van der Waals surface area contributed by atoms with Crippen LogP contribution in [0.15, 0.2) is 47.5 Å². The summed E-state index contributed by atoms with van der Waals surface area (Å²) in [6.45, 7) is 4.16. The van der Waals surface area contributed by atoms with Crippen molar-refractivity contribution in [1.82, 2.24) is 10.2 Å². The number of halogens is 3. The molecule has 0 radical (unpaired) electrons. The molecule has 2 aromatic rings. The van der Waals surface area contributed by atoms with Gasteiger partial charge in [0.1, 0.15) is 36.2 Å². The van der Waals surface area contributed by atoms with Crippen LogP contribution in [0.25, 0.3) is 0 Å². The van der Waals surface area contributed by atoms with Gasteiger partial charge in [-0.2, -0.15) is 0 Å². The van der Waals surface area contributed by atoms with Crippen LogP contribution in [-0.4, -0.2) is 35.4 Å². The van der Waals surface area contributed by atoms with Crippen LogP contribution in [-0.2, 0) is 4.79 Å². The maximum Gasteiger partial charge on any atom is 0.240 e. The van der Waals surface area contributed by atoms with Gasteiger partial charge in [0.05, 0.1) is 11.1 Å². The topological polar surface area (TPSA) is 56.7 Å². The Morgan fingerprint density at radius 2 is 1.93 bits per heavy atom. The number of aliphatic imine (C=N–C) groups is 1. The van der Waals surface area contributed by atoms with Crippen molar-refractivity contribution in [2.75, 3.05) is 11.9 Å². The molecule has 0 spiro atoms. The summed E-state index contributed by atoms with van der Waals surface area (Å²) in [5.74, 6) is -0.0673. The molecule has 29 heavy (non-hydrogen) atoms. The van der Waals surface area contributed by atoms with Crippen LogP contribution in [0, 0.1) is 17.6 Å². The normalized spacial score (nSPS) is 23.7. The number of fused-ring (bicyclic) bond motifs is 1. The molecule has 4 rings (SSSR count). The summed E-state index contributed by atoms with van der Waals surface area (Å²) in [5, 5.41) is 6.32. The van der Waals surface area contributed by atoms with Crippen LogP contribution in [0.3, 0.4) is 0 Å². The zero-order valence-electron chi connectivity index (χ0n) is 16.0. The van der Waals surface area contributed by atoms with Gasteiger partial charge in [-0.05, 0) is 41.8 Å². The number of nitrogens with zero attached hydrogens (tertiary/aromatic N) is 2. The predicted octanol–water partition coefficient (Wildman–Crippen LogP) is 3.97. The molecule has 3 unspecified atom stereocenters. The first kappa shape index (κ1) is 19.6. The lowest BCUT2D eigenvalue weighted by molar-refractivity contribution is -0.123. The minimum Gasteiger partial charge on any atom is -0.363 e. The third-order valence-electron chi connectivity index (χ3n) is 5.22. The Labute approximate surface area is 172 Å². The SMILES string of the molecule is CC(C)C1NC(=O)CN2C1=NC(c1ccc(F)cc1)C2Nc1ccc(Cl)c(F)c1. The molecule has 2 aliphatic rings. The number of piperazine rings is 1. The van der Waals surface area contributed by atoms with E-state index < -0.39 is 18.0 Å². The van der Waals surface area contributed by atoms with Crippen molar-refractivity contribution in [1.29, 1.82) is 0 Å². The van der Waals surface area contributed by atoms with Gasteiger partial charge in [0.2, 0.25) is 5.91 Å². The minimum atomic E-state index is -0.536. The van der Waals surface area contributed by atoms with E-state index >= 15 is 0 Å². The van der Waals surface area contributed by atoms with Crippen LogP contribution < -0.4 is 10.6 Å². The number of benzene rings is 2. The van der Waals surface area contributed by atoms with E-state index in [0.717, 1.165) is 11.4 Å². The molecule has 0 bridgehead atoms. The van der Waals surface area contributed by atoms with Gasteiger partial charge in [0, 0.05) is 5.69 Å². The van der Waals surface area contributed by atoms with Gasteiger partial charge >= 0.3 is 0 Å². The van der Waals surface area contributed by atoms with E-state index in [1.54, 1.807) is 18.2 Å². The molecule has 2 heterocycles. The van der Waals surface area contributed by atoms with Crippen molar-refractivity contribution in [3.63, 3.8) is 0 Å². The molecule has 2 aromatic carbocycles. The van der Waals surface area contributed by atoms with Gasteiger partial charge in [-0.15, -0.1) is 0 Å². The second kappa shape index (κ2) is 7.63. The Balaban J connectivity index is 1.73. The molecule has 1 fully saturated rings. The summed E-state index contributed by atoms with van der Waals surface area (Å²) in [5.41, 5.74) is 1.32. The molecule has 5 nitrogen and oxygen atoms in total. The van der Waals surface area contributed by atoms with Gasteiger partial charge < -0.3 is 15.5 Å². The van der Waals surface area contributed by atoms with Crippen molar-refractivity contribution < 1.29 is 13.6 Å². The molecule has 2 aliphatic heterocycles. The zero-order chi connectivity index (χ0) is 20.7. The smallest absolute Gasteiger partial charge is 0.240 e. The Bertz CT molecular complexity index is 964. The van der Waals surface area contributed by atoms with Crippen LogP contribution >= 0.6 is 11.6 Å². The van der Waals surface area contributed by atoms with E-state index in [2.05, 4.69) is 10.6 Å². The van der Waals surface area contributed by atoms with E-state index in [1.807, 2.05) is 18.7 Å². The highest BCUT2D eigenvalue weighted by Crippen LogP contribution is 2.35. The van der Waals surface area contributed by atoms with Gasteiger partial charge in [0.25, 0.3) is 0 Å². The van der Waals surface area contributed by atoms with E-state index in [-0.39, 0.29) is 35.3 Å². The fourth-order valence-corrected chi connectivity index (χ4v) is 3.89. The molecule has 0 aliphatic carbocycles. The molecule has 1 amide bonds. The number of carbonyl (C=O) groups is 1. The van der Waals surface area contributed by atoms with Crippen LogP contribution in [0.2, 0.25) is 5.02 Å². The maximum atomic E-state index is 14.0. The number of anilines is 1. The predicted molar refractivity (Wildman–Crippen MR) is 109 cm³/mol. The van der Waals surface area contributed by atoms with Crippen molar-refractivity contribution in [2.24, 2.45) is 10.9 Å². The summed E-state index contributed by atoms with van der Waals surface area (Å²) < 4.78 is 27.4. The minimum absolute atomic E-state index is 0.0335. The third kappa shape index (κ3) is 3.79. The largest absolute Gasteiger partial charge is 0.363 e. The number of hydrogen-bond acceptors (Lipinski definition) is 4. The average molecular weight is 419 g/mol. The van der Waals surface area contributed by atoms with Crippen molar-refractivity contribution >= 4 is 29.0 Å². The lowest BCUT2D eigenvalue weighted by atomic mass is 10.00. The Hall–Kier alpha value is -2.67. The first-order chi connectivity index (χ1) is 13.8. The molecular weight excluding hydrogens is 398 g/mol. The number of amidine groups is 1. The molecule has 152 valence electrons. The third-order valence-corrected chi connectivity index (χ3v) is 5.53. The molecule has 3 atom stereocenters. The van der Waals surface area contributed by atoms with Crippen molar-refractivity contribution in [3.8, 4) is 0 Å². The van der Waals surface area contributed by atoms with E-state index in [1.165, 1.54) is 24.3 Å². The summed E-state index contributed by atoms with van der Waals surface area (Å²) in [7, 11) is 0. The van der Waals surface area contributed by atoms with E-state index in [0.29, 0.717) is 5.69 Å². The van der Waals surface area contributed by atoms with Crippen LogP contribution in [0.5, 0.6) is 0 Å². The molecule has 0 aromatic heterocycles. The first-order valence-electron chi connectivity index (χ1n) is 9.44. The second-order valence-corrected chi connectivity index (χ2v) is 8.03. The molecule has 0 saturated carbocycles. The summed E-state index contributed by atoms with van der Waals surface area (Å²) >= 11 is 5.80. The monoisotopic (exact) mass is 418 g/mol. The molecule has 1 saturated heterocycles. The number of rotatable bonds is 4. The highest BCUT2D eigenvalue weighted by molar-refractivity contribution is 6.30. The highest BCUT2D eigenvalue weighted by atomic mass is 35.5. The van der Waals surface area contributed by atoms with Gasteiger partial charge in [0.15, 0.2) is 0 Å². The van der Waals surface area contributed by atoms with Crippen LogP contribution in [0.4, 0.5) is 14.5 Å².